The lowest BCUT2D eigenvalue weighted by atomic mass is 9.98. The lowest BCUT2D eigenvalue weighted by Gasteiger charge is -2.10. The quantitative estimate of drug-likeness (QED) is 0.296. The van der Waals surface area contributed by atoms with Gasteiger partial charge in [-0.1, -0.05) is 55.1 Å². The highest BCUT2D eigenvalue weighted by atomic mass is 32.1. The minimum Gasteiger partial charge on any atom is -0.282 e. The molecule has 0 aliphatic rings. The van der Waals surface area contributed by atoms with Crippen LogP contribution in [0.4, 0.5) is 0 Å². The molecular weight excluding hydrogens is 400 g/mol. The van der Waals surface area contributed by atoms with Gasteiger partial charge in [0.05, 0.1) is 0 Å². The Morgan fingerprint density at radius 1 is 0.968 bits per heavy atom. The van der Waals surface area contributed by atoms with Crippen molar-refractivity contribution in [1.29, 1.82) is 0 Å². The van der Waals surface area contributed by atoms with Gasteiger partial charge in [0.1, 0.15) is 5.65 Å². The first-order chi connectivity index (χ1) is 15.2. The van der Waals surface area contributed by atoms with Gasteiger partial charge in [-0.3, -0.25) is 4.40 Å². The lowest BCUT2D eigenvalue weighted by molar-refractivity contribution is 1.18. The number of aryl methyl sites for hydroxylation is 1. The second-order valence-electron chi connectivity index (χ2n) is 7.48. The van der Waals surface area contributed by atoms with E-state index < -0.39 is 0 Å². The zero-order chi connectivity index (χ0) is 20.9. The molecule has 0 fully saturated rings. The number of nitrogens with zero attached hydrogens (tertiary/aromatic N) is 4. The molecule has 5 heteroatoms. The molecule has 0 amide bonds. The van der Waals surface area contributed by atoms with Crippen molar-refractivity contribution >= 4 is 55.2 Å². The molecular formula is C26H18N4S. The molecule has 0 atom stereocenters. The van der Waals surface area contributed by atoms with Crippen LogP contribution in [-0.4, -0.2) is 19.4 Å². The van der Waals surface area contributed by atoms with E-state index >= 15 is 0 Å². The van der Waals surface area contributed by atoms with Gasteiger partial charge in [-0.05, 0) is 35.6 Å². The largest absolute Gasteiger partial charge is 0.282 e. The first-order valence-corrected chi connectivity index (χ1v) is 10.9. The van der Waals surface area contributed by atoms with Gasteiger partial charge >= 0.3 is 0 Å². The van der Waals surface area contributed by atoms with Gasteiger partial charge in [0.2, 0.25) is 0 Å². The third-order valence-electron chi connectivity index (χ3n) is 5.67. The van der Waals surface area contributed by atoms with Crippen LogP contribution in [0.5, 0.6) is 0 Å². The second kappa shape index (κ2) is 6.86. The zero-order valence-corrected chi connectivity index (χ0v) is 17.7. The van der Waals surface area contributed by atoms with Crippen LogP contribution in [0.25, 0.3) is 55.0 Å². The van der Waals surface area contributed by atoms with Crippen molar-refractivity contribution in [2.24, 2.45) is 0 Å². The Kier molecular flexibility index (Phi) is 3.98. The van der Waals surface area contributed by atoms with Gasteiger partial charge in [0.15, 0.2) is 11.3 Å². The number of imidazole rings is 1. The van der Waals surface area contributed by atoms with E-state index in [4.69, 9.17) is 4.98 Å². The summed E-state index contributed by atoms with van der Waals surface area (Å²) in [4.78, 5) is 15.0. The van der Waals surface area contributed by atoms with Crippen molar-refractivity contribution in [1.82, 2.24) is 19.4 Å². The fraction of sp³-hybridized carbons (Fsp3) is 0.0385. The van der Waals surface area contributed by atoms with Gasteiger partial charge in [-0.25, -0.2) is 15.0 Å². The van der Waals surface area contributed by atoms with Crippen LogP contribution < -0.4 is 0 Å². The highest BCUT2D eigenvalue weighted by Gasteiger charge is 2.15. The number of hydrogen-bond donors (Lipinski definition) is 0. The van der Waals surface area contributed by atoms with Crippen molar-refractivity contribution in [3.63, 3.8) is 0 Å². The highest BCUT2D eigenvalue weighted by Crippen LogP contribution is 2.38. The highest BCUT2D eigenvalue weighted by molar-refractivity contribution is 7.19. The Balaban J connectivity index is 1.70. The molecule has 0 radical (unpaired) electrons. The maximum absolute atomic E-state index is 4.75. The topological polar surface area (TPSA) is 43.1 Å². The molecule has 0 aliphatic heterocycles. The molecule has 4 aromatic heterocycles. The molecule has 6 rings (SSSR count). The summed E-state index contributed by atoms with van der Waals surface area (Å²) in [5.74, 6) is 0. The predicted molar refractivity (Wildman–Crippen MR) is 131 cm³/mol. The third kappa shape index (κ3) is 2.71. The first kappa shape index (κ1) is 18.0. The van der Waals surface area contributed by atoms with E-state index in [2.05, 4.69) is 82.6 Å². The van der Waals surface area contributed by atoms with E-state index in [1.54, 1.807) is 12.4 Å². The summed E-state index contributed by atoms with van der Waals surface area (Å²) in [6.45, 7) is 5.99. The molecule has 0 saturated heterocycles. The SMILES string of the molecule is C=C/C=C\c1c(C)sc2ccc(-c3cn4c5nccnc5nc4c4ccccc34)cc12. The number of hydrogen-bond acceptors (Lipinski definition) is 4. The minimum absolute atomic E-state index is 0.658. The molecule has 0 bridgehead atoms. The second-order valence-corrected chi connectivity index (χ2v) is 8.73. The van der Waals surface area contributed by atoms with Crippen molar-refractivity contribution < 1.29 is 0 Å². The Labute approximate surface area is 182 Å². The number of thiophene rings is 1. The van der Waals surface area contributed by atoms with Gasteiger partial charge in [-0.2, -0.15) is 0 Å². The van der Waals surface area contributed by atoms with Crippen molar-refractivity contribution in [3.8, 4) is 11.1 Å². The normalized spacial score (nSPS) is 12.0. The summed E-state index contributed by atoms with van der Waals surface area (Å²) in [6, 6.07) is 15.1. The molecule has 0 spiro atoms. The molecule has 148 valence electrons. The number of aromatic nitrogens is 4. The molecule has 0 aliphatic carbocycles. The standard InChI is InChI=1S/C26H18N4S/c1-3-4-7-18-16(2)31-23-11-10-17(14-21(18)23)22-15-30-25(20-9-6-5-8-19(20)22)29-24-26(30)28-13-12-27-24/h3-15H,1H2,2H3/b7-4-. The minimum atomic E-state index is 0.658. The number of benzene rings is 2. The predicted octanol–water partition coefficient (Wildman–Crippen LogP) is 6.82. The van der Waals surface area contributed by atoms with E-state index in [-0.39, 0.29) is 0 Å². The van der Waals surface area contributed by atoms with E-state index in [0.717, 1.165) is 22.2 Å². The fourth-order valence-corrected chi connectivity index (χ4v) is 5.29. The maximum Gasteiger partial charge on any atom is 0.198 e. The van der Waals surface area contributed by atoms with Crippen LogP contribution >= 0.6 is 11.3 Å². The van der Waals surface area contributed by atoms with Crippen LogP contribution in [0.2, 0.25) is 0 Å². The zero-order valence-electron chi connectivity index (χ0n) is 16.9. The molecule has 4 nitrogen and oxygen atoms in total. The van der Waals surface area contributed by atoms with Crippen LogP contribution in [0.1, 0.15) is 10.4 Å². The molecule has 4 heterocycles. The maximum atomic E-state index is 4.75. The number of fused-ring (bicyclic) bond motifs is 6. The summed E-state index contributed by atoms with van der Waals surface area (Å²) in [5, 5.41) is 3.52. The molecule has 0 saturated carbocycles. The van der Waals surface area contributed by atoms with Crippen LogP contribution in [0.3, 0.4) is 0 Å². The first-order valence-electron chi connectivity index (χ1n) is 10.1. The number of pyridine rings is 1. The smallest absolute Gasteiger partial charge is 0.198 e. The summed E-state index contributed by atoms with van der Waals surface area (Å²) in [6.07, 6.45) is 11.5. The molecule has 0 unspecified atom stereocenters. The van der Waals surface area contributed by atoms with Gasteiger partial charge in [0.25, 0.3) is 0 Å². The Morgan fingerprint density at radius 2 is 1.81 bits per heavy atom. The monoisotopic (exact) mass is 418 g/mol. The van der Waals surface area contributed by atoms with Gasteiger partial charge in [-0.15, -0.1) is 11.3 Å². The van der Waals surface area contributed by atoms with Crippen molar-refractivity contribution in [3.05, 3.63) is 90.2 Å². The van der Waals surface area contributed by atoms with Crippen LogP contribution in [0, 0.1) is 6.92 Å². The van der Waals surface area contributed by atoms with E-state index in [9.17, 15) is 0 Å². The van der Waals surface area contributed by atoms with E-state index in [0.29, 0.717) is 5.65 Å². The third-order valence-corrected chi connectivity index (χ3v) is 6.77. The Morgan fingerprint density at radius 3 is 2.68 bits per heavy atom. The average Bonchev–Trinajstić information content (AvgIpc) is 3.33. The summed E-state index contributed by atoms with van der Waals surface area (Å²) in [5.41, 5.74) is 5.88. The summed E-state index contributed by atoms with van der Waals surface area (Å²) >= 11 is 1.82. The number of rotatable bonds is 3. The summed E-state index contributed by atoms with van der Waals surface area (Å²) < 4.78 is 3.34. The van der Waals surface area contributed by atoms with E-state index in [1.165, 1.54) is 31.5 Å². The average molecular weight is 419 g/mol. The summed E-state index contributed by atoms with van der Waals surface area (Å²) in [7, 11) is 0. The van der Waals surface area contributed by atoms with Crippen molar-refractivity contribution in [2.75, 3.05) is 0 Å². The van der Waals surface area contributed by atoms with Crippen LogP contribution in [0.15, 0.2) is 79.8 Å². The number of allylic oxidation sites excluding steroid dienone is 2. The Hall–Kier alpha value is -3.83. The molecule has 2 aromatic carbocycles. The fourth-order valence-electron chi connectivity index (χ4n) is 4.26. The van der Waals surface area contributed by atoms with Crippen molar-refractivity contribution in [2.45, 2.75) is 6.92 Å². The molecule has 6 aromatic rings. The van der Waals surface area contributed by atoms with Gasteiger partial charge in [0, 0.05) is 44.5 Å². The lowest BCUT2D eigenvalue weighted by Crippen LogP contribution is -1.92. The van der Waals surface area contributed by atoms with E-state index in [1.807, 2.05) is 23.5 Å². The van der Waals surface area contributed by atoms with Crippen LogP contribution in [-0.2, 0) is 0 Å². The molecule has 0 N–H and O–H groups in total. The van der Waals surface area contributed by atoms with Gasteiger partial charge < -0.3 is 0 Å². The molecule has 31 heavy (non-hydrogen) atoms. The Bertz CT molecular complexity index is 1670.